The van der Waals surface area contributed by atoms with Gasteiger partial charge in [0.15, 0.2) is 0 Å². The van der Waals surface area contributed by atoms with Crippen molar-refractivity contribution in [3.8, 4) is 16.9 Å². The van der Waals surface area contributed by atoms with E-state index in [1.165, 1.54) is 28.2 Å². The topological polar surface area (TPSA) is 46.5 Å². The summed E-state index contributed by atoms with van der Waals surface area (Å²) in [5.41, 5.74) is 0.496. The van der Waals surface area contributed by atoms with Gasteiger partial charge in [-0.25, -0.2) is 4.79 Å². The minimum atomic E-state index is -0.637. The zero-order valence-corrected chi connectivity index (χ0v) is 11.8. The number of methoxy groups -OCH3 is 1. The summed E-state index contributed by atoms with van der Waals surface area (Å²) in [6, 6.07) is 2.68. The van der Waals surface area contributed by atoms with Crippen molar-refractivity contribution in [2.24, 2.45) is 0 Å². The summed E-state index contributed by atoms with van der Waals surface area (Å²) < 4.78 is 4.49. The van der Waals surface area contributed by atoms with Gasteiger partial charge in [-0.2, -0.15) is 0 Å². The number of hydrogen-bond acceptors (Lipinski definition) is 4. The number of halogens is 2. The van der Waals surface area contributed by atoms with Gasteiger partial charge in [-0.3, -0.25) is 0 Å². The Morgan fingerprint density at radius 3 is 2.88 bits per heavy atom. The zero-order valence-electron chi connectivity index (χ0n) is 8.08. The van der Waals surface area contributed by atoms with Gasteiger partial charge in [0.05, 0.1) is 12.1 Å². The third kappa shape index (κ3) is 3.20. The van der Waals surface area contributed by atoms with Gasteiger partial charge in [0.25, 0.3) is 0 Å². The molecule has 6 heteroatoms. The normalized spacial score (nSPS) is 9.19. The van der Waals surface area contributed by atoms with E-state index in [2.05, 4.69) is 15.9 Å². The summed E-state index contributed by atoms with van der Waals surface area (Å²) in [6.07, 6.45) is 0. The van der Waals surface area contributed by atoms with Gasteiger partial charge in [-0.1, -0.05) is 17.5 Å². The van der Waals surface area contributed by atoms with Gasteiger partial charge < -0.3 is 9.84 Å². The van der Waals surface area contributed by atoms with Crippen molar-refractivity contribution in [3.63, 3.8) is 0 Å². The predicted molar refractivity (Wildman–Crippen MR) is 72.9 cm³/mol. The molecular weight excluding hydrogens is 363 g/mol. The number of aromatic hydroxyl groups is 1. The second-order valence-corrected chi connectivity index (χ2v) is 4.73. The minimum Gasteiger partial charge on any atom is -0.507 e. The molecular formula is C10H6ClIO3S. The van der Waals surface area contributed by atoms with E-state index >= 15 is 0 Å². The van der Waals surface area contributed by atoms with E-state index in [1.54, 1.807) is 0 Å². The Morgan fingerprint density at radius 2 is 2.31 bits per heavy atom. The molecule has 1 aromatic rings. The van der Waals surface area contributed by atoms with Crippen LogP contribution in [0.1, 0.15) is 15.9 Å². The second kappa shape index (κ2) is 6.23. The molecule has 0 aromatic heterocycles. The van der Waals surface area contributed by atoms with Gasteiger partial charge >= 0.3 is 5.97 Å². The number of esters is 1. The van der Waals surface area contributed by atoms with Crippen LogP contribution in [0.2, 0.25) is 5.02 Å². The fourth-order valence-corrected chi connectivity index (χ4v) is 1.70. The second-order valence-electron chi connectivity index (χ2n) is 2.64. The highest BCUT2D eigenvalue weighted by atomic mass is 127. The number of phenolic OH excluding ortho intramolecular Hbond substituents is 1. The molecule has 3 nitrogen and oxygen atoms in total. The summed E-state index contributed by atoms with van der Waals surface area (Å²) in [7, 11) is 2.54. The maximum absolute atomic E-state index is 11.2. The van der Waals surface area contributed by atoms with E-state index in [1.807, 2.05) is 21.2 Å². The average Bonchev–Trinajstić information content (AvgIpc) is 2.28. The minimum absolute atomic E-state index is 0.0279. The SMILES string of the molecule is COC(=O)c1cc(Cl)c(C#CSI)cc1O. The number of benzene rings is 1. The van der Waals surface area contributed by atoms with Crippen LogP contribution >= 0.6 is 41.7 Å². The van der Waals surface area contributed by atoms with E-state index < -0.39 is 5.97 Å². The largest absolute Gasteiger partial charge is 0.507 e. The molecule has 1 aromatic carbocycles. The van der Waals surface area contributed by atoms with Gasteiger partial charge in [0.1, 0.15) is 11.3 Å². The maximum Gasteiger partial charge on any atom is 0.341 e. The Balaban J connectivity index is 3.21. The average molecular weight is 369 g/mol. The molecule has 1 rings (SSSR count). The lowest BCUT2D eigenvalue weighted by Crippen LogP contribution is -2.01. The molecule has 0 saturated carbocycles. The lowest BCUT2D eigenvalue weighted by molar-refractivity contribution is 0.0597. The van der Waals surface area contributed by atoms with Crippen molar-refractivity contribution < 1.29 is 14.6 Å². The quantitative estimate of drug-likeness (QED) is 0.470. The van der Waals surface area contributed by atoms with Crippen LogP contribution in [-0.4, -0.2) is 18.2 Å². The first-order chi connectivity index (χ1) is 7.60. The molecule has 0 aliphatic carbocycles. The molecule has 0 spiro atoms. The van der Waals surface area contributed by atoms with Crippen LogP contribution in [0.25, 0.3) is 0 Å². The van der Waals surface area contributed by atoms with Gasteiger partial charge in [-0.15, -0.1) is 0 Å². The van der Waals surface area contributed by atoms with Crippen LogP contribution in [0.4, 0.5) is 0 Å². The number of carbonyl (C=O) groups excluding carboxylic acids is 1. The Kier molecular flexibility index (Phi) is 5.25. The monoisotopic (exact) mass is 368 g/mol. The van der Waals surface area contributed by atoms with Crippen LogP contribution in [0.15, 0.2) is 12.1 Å². The number of hydrogen-bond donors (Lipinski definition) is 1. The van der Waals surface area contributed by atoms with Gasteiger partial charge in [0, 0.05) is 26.8 Å². The highest BCUT2D eigenvalue weighted by molar-refractivity contribution is 14.2. The van der Waals surface area contributed by atoms with E-state index in [9.17, 15) is 9.90 Å². The predicted octanol–water partition coefficient (Wildman–Crippen LogP) is 3.22. The molecule has 0 amide bonds. The fourth-order valence-electron chi connectivity index (χ4n) is 1.01. The number of phenols is 1. The van der Waals surface area contributed by atoms with Crippen molar-refractivity contribution in [1.29, 1.82) is 0 Å². The van der Waals surface area contributed by atoms with Crippen LogP contribution in [0.5, 0.6) is 5.75 Å². The summed E-state index contributed by atoms with van der Waals surface area (Å²) in [5, 5.41) is 12.6. The Bertz CT molecular complexity index is 479. The number of ether oxygens (including phenoxy) is 1. The third-order valence-electron chi connectivity index (χ3n) is 1.71. The summed E-state index contributed by atoms with van der Waals surface area (Å²) in [5.74, 6) is 1.92. The van der Waals surface area contributed by atoms with E-state index in [4.69, 9.17) is 11.6 Å². The fraction of sp³-hybridized carbons (Fsp3) is 0.100. The molecule has 0 aliphatic heterocycles. The summed E-state index contributed by atoms with van der Waals surface area (Å²) >= 11 is 7.93. The molecule has 0 fully saturated rings. The lowest BCUT2D eigenvalue weighted by atomic mass is 10.1. The van der Waals surface area contributed by atoms with Crippen LogP contribution in [0, 0.1) is 11.2 Å². The highest BCUT2D eigenvalue weighted by Crippen LogP contribution is 2.26. The molecule has 0 heterocycles. The summed E-state index contributed by atoms with van der Waals surface area (Å²) in [4.78, 5) is 11.2. The van der Waals surface area contributed by atoms with E-state index in [0.29, 0.717) is 10.6 Å². The summed E-state index contributed by atoms with van der Waals surface area (Å²) in [6.45, 7) is 0. The molecule has 0 aliphatic rings. The van der Waals surface area contributed by atoms with E-state index in [-0.39, 0.29) is 11.3 Å². The smallest absolute Gasteiger partial charge is 0.341 e. The van der Waals surface area contributed by atoms with Crippen molar-refractivity contribution >= 4 is 47.7 Å². The standard InChI is InChI=1S/C10H6ClIO3S/c1-15-10(14)7-5-8(11)6(2-3-16-12)4-9(7)13/h4-5,13H,1H3. The lowest BCUT2D eigenvalue weighted by Gasteiger charge is -2.04. The first-order valence-electron chi connectivity index (χ1n) is 3.99. The van der Waals surface area contributed by atoms with Crippen molar-refractivity contribution in [1.82, 2.24) is 0 Å². The molecule has 0 saturated heterocycles. The zero-order chi connectivity index (χ0) is 12.1. The molecule has 84 valence electrons. The third-order valence-corrected chi connectivity index (χ3v) is 2.87. The maximum atomic E-state index is 11.2. The van der Waals surface area contributed by atoms with Crippen molar-refractivity contribution in [3.05, 3.63) is 28.3 Å². The molecule has 16 heavy (non-hydrogen) atoms. The first-order valence-corrected chi connectivity index (χ1v) is 7.73. The number of carbonyl (C=O) groups is 1. The highest BCUT2D eigenvalue weighted by Gasteiger charge is 2.14. The van der Waals surface area contributed by atoms with Crippen LogP contribution in [-0.2, 0) is 4.74 Å². The Labute approximate surface area is 114 Å². The van der Waals surface area contributed by atoms with Gasteiger partial charge in [-0.05, 0) is 26.3 Å². The Morgan fingerprint density at radius 1 is 1.62 bits per heavy atom. The number of rotatable bonds is 1. The van der Waals surface area contributed by atoms with Crippen LogP contribution < -0.4 is 0 Å². The first kappa shape index (κ1) is 13.5. The van der Waals surface area contributed by atoms with Gasteiger partial charge in [0.2, 0.25) is 0 Å². The van der Waals surface area contributed by atoms with Crippen LogP contribution in [0.3, 0.4) is 0 Å². The van der Waals surface area contributed by atoms with E-state index in [0.717, 1.165) is 0 Å². The molecule has 0 radical (unpaired) electrons. The van der Waals surface area contributed by atoms with Crippen molar-refractivity contribution in [2.45, 2.75) is 0 Å². The Hall–Kier alpha value is -0.580. The molecule has 0 bridgehead atoms. The molecule has 0 atom stereocenters. The molecule has 1 N–H and O–H groups in total. The molecule has 0 unspecified atom stereocenters. The van der Waals surface area contributed by atoms with Crippen molar-refractivity contribution in [2.75, 3.05) is 7.11 Å².